The molecule has 0 spiro atoms. The maximum Gasteiger partial charge on any atom is 0.480 e. The Morgan fingerprint density at radius 1 is 1.43 bits per heavy atom. The molecule has 1 aromatic carbocycles. The van der Waals surface area contributed by atoms with Gasteiger partial charge in [0.05, 0.1) is 22.4 Å². The van der Waals surface area contributed by atoms with Crippen molar-refractivity contribution in [3.8, 4) is 0 Å². The third kappa shape index (κ3) is 3.83. The van der Waals surface area contributed by atoms with Gasteiger partial charge >= 0.3 is 19.5 Å². The maximum absolute atomic E-state index is 15.1. The van der Waals surface area contributed by atoms with Crippen LogP contribution in [0.5, 0.6) is 0 Å². The number of imidazole rings is 1. The lowest BCUT2D eigenvalue weighted by atomic mass is 9.96. The fourth-order valence-corrected chi connectivity index (χ4v) is 5.65. The van der Waals surface area contributed by atoms with Gasteiger partial charge in [-0.05, 0) is 31.4 Å². The molecule has 0 aliphatic carbocycles. The summed E-state index contributed by atoms with van der Waals surface area (Å²) in [5.74, 6) is -3.43. The van der Waals surface area contributed by atoms with Crippen LogP contribution in [0, 0.1) is 16.0 Å². The first kappa shape index (κ1) is 22.8. The second-order valence-electron chi connectivity index (χ2n) is 7.17. The molecule has 154 valence electrons. The van der Waals surface area contributed by atoms with Gasteiger partial charge in [-0.2, -0.15) is 0 Å². The van der Waals surface area contributed by atoms with Gasteiger partial charge in [0.25, 0.3) is 0 Å². The fraction of sp³-hybridized carbons (Fsp3) is 0.588. The van der Waals surface area contributed by atoms with Gasteiger partial charge in [-0.1, -0.05) is 53.4 Å². The fourth-order valence-electron chi connectivity index (χ4n) is 3.28. The van der Waals surface area contributed by atoms with Crippen molar-refractivity contribution in [3.05, 3.63) is 40.7 Å². The molecule has 2 rings (SSSR count). The van der Waals surface area contributed by atoms with E-state index < -0.39 is 35.1 Å². The first-order chi connectivity index (χ1) is 12.9. The van der Waals surface area contributed by atoms with E-state index in [0.29, 0.717) is 11.0 Å². The predicted molar refractivity (Wildman–Crippen MR) is 104 cm³/mol. The average Bonchev–Trinajstić information content (AvgIpc) is 3.02. The molecule has 1 heterocycles. The highest BCUT2D eigenvalue weighted by Crippen LogP contribution is 2.56. The number of benzene rings is 1. The van der Waals surface area contributed by atoms with Crippen molar-refractivity contribution >= 4 is 35.0 Å². The van der Waals surface area contributed by atoms with E-state index in [1.165, 1.54) is 20.2 Å². The number of halogens is 2. The molecule has 1 aromatic heterocycles. The minimum atomic E-state index is -3.58. The number of hydrogen-bond donors (Lipinski definition) is 0. The zero-order valence-electron chi connectivity index (χ0n) is 16.0. The molecule has 0 aliphatic heterocycles. The smallest absolute Gasteiger partial charge is 0.480 e. The Kier molecular flexibility index (Phi) is 6.60. The van der Waals surface area contributed by atoms with Crippen LogP contribution in [0.25, 0.3) is 11.0 Å². The van der Waals surface area contributed by atoms with Crippen molar-refractivity contribution in [2.45, 2.75) is 56.3 Å². The van der Waals surface area contributed by atoms with E-state index >= 15 is 4.39 Å². The third-order valence-corrected chi connectivity index (χ3v) is 6.97. The summed E-state index contributed by atoms with van der Waals surface area (Å²) in [5.41, 5.74) is -1.65. The monoisotopic (exact) mass is 477 g/mol. The van der Waals surface area contributed by atoms with Crippen molar-refractivity contribution in [2.75, 3.05) is 0 Å². The molecule has 4 unspecified atom stereocenters. The molecule has 11 heteroatoms. The highest BCUT2D eigenvalue weighted by Gasteiger charge is 2.68. The van der Waals surface area contributed by atoms with Crippen molar-refractivity contribution < 1.29 is 23.5 Å². The van der Waals surface area contributed by atoms with E-state index in [4.69, 9.17) is 4.74 Å². The Morgan fingerprint density at radius 2 is 2.04 bits per heavy atom. The van der Waals surface area contributed by atoms with Crippen LogP contribution in [0.2, 0.25) is 0 Å². The van der Waals surface area contributed by atoms with Crippen molar-refractivity contribution in [2.24, 2.45) is 5.92 Å². The molecule has 0 saturated carbocycles. The molecule has 0 radical (unpaired) electrons. The average molecular weight is 478 g/mol. The number of ether oxygens (including phenoxy) is 1. The predicted octanol–water partition coefficient (Wildman–Crippen LogP) is 4.28. The lowest BCUT2D eigenvalue weighted by Gasteiger charge is -2.40. The Bertz CT molecular complexity index is 893. The van der Waals surface area contributed by atoms with Gasteiger partial charge in [-0.3, -0.25) is 14.7 Å². The molecule has 0 aliphatic rings. The van der Waals surface area contributed by atoms with E-state index in [1.54, 1.807) is 24.3 Å². The highest BCUT2D eigenvalue weighted by molar-refractivity contribution is 9.10. The molecule has 0 N–H and O–H groups in total. The number of nitrogens with zero attached hydrogens (tertiary/aromatic N) is 3. The summed E-state index contributed by atoms with van der Waals surface area (Å²) in [5, 5.41) is 11.4. The van der Waals surface area contributed by atoms with Gasteiger partial charge < -0.3 is 4.89 Å². The van der Waals surface area contributed by atoms with Crippen LogP contribution in [0.1, 0.15) is 40.5 Å². The van der Waals surface area contributed by atoms with Gasteiger partial charge in [0.15, 0.2) is 0 Å². The van der Waals surface area contributed by atoms with Gasteiger partial charge in [0.2, 0.25) is 0 Å². The van der Waals surface area contributed by atoms with Crippen LogP contribution in [-0.2, 0) is 14.8 Å². The number of para-hydroxylation sites is 2. The van der Waals surface area contributed by atoms with Crippen molar-refractivity contribution in [1.82, 2.24) is 9.55 Å². The van der Waals surface area contributed by atoms with Crippen LogP contribution in [0.4, 0.5) is 4.39 Å². The van der Waals surface area contributed by atoms with Crippen LogP contribution in [0.3, 0.4) is 0 Å². The van der Waals surface area contributed by atoms with E-state index in [1.807, 2.05) is 13.8 Å². The van der Waals surface area contributed by atoms with Crippen LogP contribution in [0.15, 0.2) is 30.6 Å². The zero-order chi connectivity index (χ0) is 21.3. The van der Waals surface area contributed by atoms with Crippen LogP contribution in [-0.4, -0.2) is 24.8 Å². The number of rotatable bonds is 9. The first-order valence-electron chi connectivity index (χ1n) is 8.71. The van der Waals surface area contributed by atoms with Crippen molar-refractivity contribution in [1.29, 1.82) is 0 Å². The van der Waals surface area contributed by atoms with E-state index in [-0.39, 0.29) is 12.3 Å². The topological polar surface area (TPSA) is 110 Å². The summed E-state index contributed by atoms with van der Waals surface area (Å²) in [4.78, 5) is 27.0. The quantitative estimate of drug-likeness (QED) is 0.133. The van der Waals surface area contributed by atoms with Gasteiger partial charge in [0.1, 0.15) is 10.7 Å². The molecular weight excluding hydrogens is 456 g/mol. The molecule has 0 amide bonds. The minimum absolute atomic E-state index is 0.0247. The van der Waals surface area contributed by atoms with Crippen molar-refractivity contribution in [3.63, 3.8) is 0 Å². The standard InChI is InChI=1S/C17H22BrFN3O5P/c1-5-16(19,22(23)24)27-17(28(25)26,15(4,18)10-12(2)3)21-11-20-13-8-6-7-9-14(13)21/h6-9,11-12H,5,10H2,1-4H3. The lowest BCUT2D eigenvalue weighted by molar-refractivity contribution is -0.679. The van der Waals surface area contributed by atoms with Gasteiger partial charge in [-0.15, -0.1) is 4.39 Å². The largest absolute Gasteiger partial charge is 0.592 e. The van der Waals surface area contributed by atoms with Gasteiger partial charge in [-0.25, -0.2) is 9.72 Å². The Hall–Kier alpha value is -1.48. The molecule has 0 bridgehead atoms. The number of hydrogen-bond acceptors (Lipinski definition) is 6. The molecule has 4 atom stereocenters. The summed E-state index contributed by atoms with van der Waals surface area (Å²) in [6, 6.07) is 6.62. The summed E-state index contributed by atoms with van der Waals surface area (Å²) < 4.78 is 32.8. The first-order valence-corrected chi connectivity index (χ1v) is 10.7. The number of fused-ring (bicyclic) bond motifs is 1. The maximum atomic E-state index is 15.1. The summed E-state index contributed by atoms with van der Waals surface area (Å²) in [6.45, 7) is 6.43. The summed E-state index contributed by atoms with van der Waals surface area (Å²) >= 11 is 3.40. The zero-order valence-corrected chi connectivity index (χ0v) is 18.4. The van der Waals surface area contributed by atoms with E-state index in [2.05, 4.69) is 20.9 Å². The number of aromatic nitrogens is 2. The third-order valence-electron chi connectivity index (χ3n) is 4.51. The number of nitro groups is 1. The molecule has 2 aromatic rings. The normalized spacial score (nSPS) is 19.1. The molecule has 28 heavy (non-hydrogen) atoms. The highest BCUT2D eigenvalue weighted by atomic mass is 79.9. The van der Waals surface area contributed by atoms with E-state index in [0.717, 1.165) is 4.57 Å². The summed E-state index contributed by atoms with van der Waals surface area (Å²) in [6.07, 6.45) is 0.744. The Labute approximate surface area is 171 Å². The SMILES string of the molecule is CCC(F)(OC(n1cnc2ccccc21)([P+](=O)[O-])C(C)(Br)CC(C)C)[N+](=O)[O-]. The molecule has 0 saturated heterocycles. The Morgan fingerprint density at radius 3 is 2.54 bits per heavy atom. The molecule has 0 fully saturated rings. The number of alkyl halides is 2. The molecular formula is C17H22BrFN3O5P. The minimum Gasteiger partial charge on any atom is -0.592 e. The van der Waals surface area contributed by atoms with E-state index in [9.17, 15) is 19.6 Å². The Balaban J connectivity index is 2.86. The van der Waals surface area contributed by atoms with Gasteiger partial charge in [0, 0.05) is 0 Å². The summed E-state index contributed by atoms with van der Waals surface area (Å²) in [7, 11) is -3.58. The lowest BCUT2D eigenvalue weighted by Crippen LogP contribution is -2.56. The second kappa shape index (κ2) is 8.10. The van der Waals surface area contributed by atoms with Crippen LogP contribution < -0.4 is 4.89 Å². The van der Waals surface area contributed by atoms with Crippen LogP contribution >= 0.6 is 24.0 Å². The second-order valence-corrected chi connectivity index (χ2v) is 10.0. The molecule has 8 nitrogen and oxygen atoms in total.